The Bertz CT molecular complexity index is 950. The van der Waals surface area contributed by atoms with Crippen LogP contribution in [0, 0.1) is 0 Å². The summed E-state index contributed by atoms with van der Waals surface area (Å²) in [7, 11) is 0. The van der Waals surface area contributed by atoms with Crippen LogP contribution in [-0.4, -0.2) is 44.1 Å². The maximum absolute atomic E-state index is 12.4. The first-order chi connectivity index (χ1) is 12.8. The monoisotopic (exact) mass is 343 g/mol. The average molecular weight is 343 g/mol. The van der Waals surface area contributed by atoms with Crippen molar-refractivity contribution in [2.75, 3.05) is 13.1 Å². The minimum Gasteiger partial charge on any atom is -0.334 e. The van der Waals surface area contributed by atoms with Crippen LogP contribution in [0.1, 0.15) is 32.9 Å². The Morgan fingerprint density at radius 2 is 1.62 bits per heavy atom. The standard InChI is InChI=1S/C20H17N5O/c26-19(25-11-12-25)18-16-1-6-20(13-17(16)23-24-18,14-2-7-21-8-3-14)15-4-9-22-10-5-15/h1-10H,11-13H2,(H,23,24). The van der Waals surface area contributed by atoms with E-state index in [-0.39, 0.29) is 11.3 Å². The number of allylic oxidation sites excluding steroid dienone is 1. The molecule has 1 saturated heterocycles. The molecular formula is C20H17N5O. The van der Waals surface area contributed by atoms with E-state index in [1.807, 2.05) is 55.1 Å². The van der Waals surface area contributed by atoms with Crippen LogP contribution < -0.4 is 0 Å². The summed E-state index contributed by atoms with van der Waals surface area (Å²) in [6.07, 6.45) is 12.1. The Labute approximate surface area is 150 Å². The first-order valence-electron chi connectivity index (χ1n) is 8.65. The molecule has 0 radical (unpaired) electrons. The molecule has 1 aliphatic carbocycles. The van der Waals surface area contributed by atoms with Crippen LogP contribution in [-0.2, 0) is 11.8 Å². The minimum absolute atomic E-state index is 0.00692. The molecule has 1 N–H and O–H groups in total. The van der Waals surface area contributed by atoms with Crippen LogP contribution in [0.3, 0.4) is 0 Å². The van der Waals surface area contributed by atoms with Crippen LogP contribution >= 0.6 is 0 Å². The van der Waals surface area contributed by atoms with Crippen molar-refractivity contribution in [3.63, 3.8) is 0 Å². The van der Waals surface area contributed by atoms with Crippen LogP contribution in [0.5, 0.6) is 0 Å². The van der Waals surface area contributed by atoms with Gasteiger partial charge >= 0.3 is 0 Å². The number of hydrogen-bond acceptors (Lipinski definition) is 4. The molecule has 6 nitrogen and oxygen atoms in total. The molecule has 5 rings (SSSR count). The maximum Gasteiger partial charge on any atom is 0.275 e. The summed E-state index contributed by atoms with van der Waals surface area (Å²) in [6.45, 7) is 1.64. The Morgan fingerprint density at radius 3 is 2.19 bits per heavy atom. The summed E-state index contributed by atoms with van der Waals surface area (Å²) in [4.78, 5) is 22.5. The predicted octanol–water partition coefficient (Wildman–Crippen LogP) is 2.21. The molecule has 128 valence electrons. The first-order valence-corrected chi connectivity index (χ1v) is 8.65. The van der Waals surface area contributed by atoms with Gasteiger partial charge in [-0.05, 0) is 35.4 Å². The zero-order valence-corrected chi connectivity index (χ0v) is 14.1. The van der Waals surface area contributed by atoms with E-state index in [1.54, 1.807) is 4.90 Å². The fraction of sp³-hybridized carbons (Fsp3) is 0.200. The van der Waals surface area contributed by atoms with E-state index in [2.05, 4.69) is 26.2 Å². The van der Waals surface area contributed by atoms with Gasteiger partial charge in [0, 0.05) is 61.0 Å². The number of aromatic amines is 1. The Morgan fingerprint density at radius 1 is 1.00 bits per heavy atom. The van der Waals surface area contributed by atoms with Gasteiger partial charge in [-0.1, -0.05) is 12.2 Å². The van der Waals surface area contributed by atoms with Gasteiger partial charge in [0.05, 0.1) is 0 Å². The van der Waals surface area contributed by atoms with E-state index < -0.39 is 0 Å². The summed E-state index contributed by atoms with van der Waals surface area (Å²) in [5, 5.41) is 7.42. The second-order valence-electron chi connectivity index (χ2n) is 6.71. The Balaban J connectivity index is 1.63. The van der Waals surface area contributed by atoms with Crippen LogP contribution in [0.2, 0.25) is 0 Å². The van der Waals surface area contributed by atoms with Crippen molar-refractivity contribution in [2.45, 2.75) is 11.8 Å². The lowest BCUT2D eigenvalue weighted by molar-refractivity contribution is 0.0880. The molecule has 26 heavy (non-hydrogen) atoms. The van der Waals surface area contributed by atoms with E-state index >= 15 is 0 Å². The van der Waals surface area contributed by atoms with Crippen molar-refractivity contribution in [1.82, 2.24) is 25.1 Å². The lowest BCUT2D eigenvalue weighted by Gasteiger charge is -2.34. The molecule has 2 aliphatic rings. The molecular weight excluding hydrogens is 326 g/mol. The SMILES string of the molecule is O=C(c1n[nH]c2c1C=CC(c1ccncc1)(c1ccncc1)C2)N1CC1. The summed E-state index contributed by atoms with van der Waals surface area (Å²) >= 11 is 0. The van der Waals surface area contributed by atoms with Crippen LogP contribution in [0.4, 0.5) is 0 Å². The van der Waals surface area contributed by atoms with Gasteiger partial charge in [0.1, 0.15) is 0 Å². The molecule has 0 unspecified atom stereocenters. The first kappa shape index (κ1) is 15.0. The molecule has 1 aliphatic heterocycles. The highest BCUT2D eigenvalue weighted by Gasteiger charge is 2.38. The third-order valence-corrected chi connectivity index (χ3v) is 5.20. The van der Waals surface area contributed by atoms with Crippen molar-refractivity contribution in [3.8, 4) is 0 Å². The molecule has 0 atom stereocenters. The van der Waals surface area contributed by atoms with Gasteiger partial charge in [-0.25, -0.2) is 0 Å². The molecule has 1 amide bonds. The number of aromatic nitrogens is 4. The highest BCUT2D eigenvalue weighted by atomic mass is 16.2. The number of rotatable bonds is 3. The van der Waals surface area contributed by atoms with Crippen molar-refractivity contribution in [3.05, 3.63) is 83.2 Å². The smallest absolute Gasteiger partial charge is 0.275 e. The van der Waals surface area contributed by atoms with Crippen LogP contribution in [0.25, 0.3) is 6.08 Å². The fourth-order valence-corrected chi connectivity index (χ4v) is 3.69. The number of carbonyl (C=O) groups excluding carboxylic acids is 1. The number of carbonyl (C=O) groups is 1. The molecule has 3 aromatic rings. The quantitative estimate of drug-likeness (QED) is 0.740. The summed E-state index contributed by atoms with van der Waals surface area (Å²) in [5.41, 5.74) is 4.35. The number of nitrogens with zero attached hydrogens (tertiary/aromatic N) is 4. The summed E-state index contributed by atoms with van der Waals surface area (Å²) in [5.74, 6) is 0.00692. The lowest BCUT2D eigenvalue weighted by Crippen LogP contribution is -2.30. The molecule has 0 spiro atoms. The second-order valence-corrected chi connectivity index (χ2v) is 6.71. The topological polar surface area (TPSA) is 74.5 Å². The van der Waals surface area contributed by atoms with E-state index in [0.717, 1.165) is 35.5 Å². The van der Waals surface area contributed by atoms with Gasteiger partial charge < -0.3 is 4.90 Å². The number of H-pyrrole nitrogens is 1. The van der Waals surface area contributed by atoms with E-state index in [4.69, 9.17) is 0 Å². The Kier molecular flexibility index (Phi) is 3.25. The zero-order chi connectivity index (χ0) is 17.6. The molecule has 3 aromatic heterocycles. The van der Waals surface area contributed by atoms with E-state index in [1.165, 1.54) is 0 Å². The second kappa shape index (κ2) is 5.62. The number of nitrogens with one attached hydrogen (secondary N) is 1. The predicted molar refractivity (Wildman–Crippen MR) is 96.5 cm³/mol. The fourth-order valence-electron chi connectivity index (χ4n) is 3.69. The highest BCUT2D eigenvalue weighted by molar-refractivity contribution is 5.97. The number of amides is 1. The van der Waals surface area contributed by atoms with Gasteiger partial charge in [-0.2, -0.15) is 5.10 Å². The maximum atomic E-state index is 12.4. The lowest BCUT2D eigenvalue weighted by atomic mass is 9.69. The zero-order valence-electron chi connectivity index (χ0n) is 14.1. The van der Waals surface area contributed by atoms with Crippen molar-refractivity contribution in [2.24, 2.45) is 0 Å². The van der Waals surface area contributed by atoms with Gasteiger partial charge in [-0.3, -0.25) is 19.9 Å². The van der Waals surface area contributed by atoms with Gasteiger partial charge in [-0.15, -0.1) is 0 Å². The molecule has 0 aromatic carbocycles. The Hall–Kier alpha value is -3.28. The number of fused-ring (bicyclic) bond motifs is 1. The van der Waals surface area contributed by atoms with Gasteiger partial charge in [0.2, 0.25) is 0 Å². The van der Waals surface area contributed by atoms with Gasteiger partial charge in [0.15, 0.2) is 5.69 Å². The van der Waals surface area contributed by atoms with E-state index in [0.29, 0.717) is 12.1 Å². The summed E-state index contributed by atoms with van der Waals surface area (Å²) in [6, 6.07) is 8.14. The number of pyridine rings is 2. The van der Waals surface area contributed by atoms with Crippen molar-refractivity contribution < 1.29 is 4.79 Å². The van der Waals surface area contributed by atoms with Crippen molar-refractivity contribution >= 4 is 12.0 Å². The normalized spacial score (nSPS) is 17.0. The van der Waals surface area contributed by atoms with E-state index in [9.17, 15) is 4.79 Å². The third-order valence-electron chi connectivity index (χ3n) is 5.20. The van der Waals surface area contributed by atoms with Crippen LogP contribution in [0.15, 0.2) is 55.1 Å². The molecule has 6 heteroatoms. The molecule has 4 heterocycles. The molecule has 1 fully saturated rings. The van der Waals surface area contributed by atoms with Crippen molar-refractivity contribution in [1.29, 1.82) is 0 Å². The minimum atomic E-state index is -0.342. The highest BCUT2D eigenvalue weighted by Crippen LogP contribution is 2.41. The molecule has 0 bridgehead atoms. The summed E-state index contributed by atoms with van der Waals surface area (Å²) < 4.78 is 0. The largest absolute Gasteiger partial charge is 0.334 e. The molecule has 0 saturated carbocycles. The third kappa shape index (κ3) is 2.26. The number of hydrogen-bond donors (Lipinski definition) is 1. The average Bonchev–Trinajstić information content (AvgIpc) is 3.48. The van der Waals surface area contributed by atoms with Gasteiger partial charge in [0.25, 0.3) is 5.91 Å².